The average Bonchev–Trinajstić information content (AvgIpc) is 2.79. The first-order chi connectivity index (χ1) is 15.9. The summed E-state index contributed by atoms with van der Waals surface area (Å²) in [6, 6.07) is 0. The number of carbonyl (C=O) groups excluding carboxylic acids is 6. The van der Waals surface area contributed by atoms with E-state index in [1.165, 1.54) is 6.92 Å². The van der Waals surface area contributed by atoms with Crippen LogP contribution in [0.25, 0.3) is 0 Å². The number of methoxy groups -OCH3 is 2. The van der Waals surface area contributed by atoms with Crippen LogP contribution in [0.4, 0.5) is 0 Å². The van der Waals surface area contributed by atoms with Crippen molar-refractivity contribution in [2.24, 2.45) is 0 Å². The molecule has 0 radical (unpaired) electrons. The molecule has 0 aliphatic rings. The molecule has 0 aliphatic heterocycles. The van der Waals surface area contributed by atoms with E-state index in [1.54, 1.807) is 0 Å². The Morgan fingerprint density at radius 3 is 1.50 bits per heavy atom. The van der Waals surface area contributed by atoms with Crippen molar-refractivity contribution in [1.82, 2.24) is 0 Å². The molecule has 0 unspecified atom stereocenters. The van der Waals surface area contributed by atoms with Gasteiger partial charge in [0, 0.05) is 5.57 Å². The molecule has 0 fully saturated rings. The van der Waals surface area contributed by atoms with Crippen molar-refractivity contribution in [3.05, 3.63) is 36.5 Å². The fourth-order valence-corrected chi connectivity index (χ4v) is 1.98. The molecule has 188 valence electrons. The van der Waals surface area contributed by atoms with Crippen LogP contribution in [-0.2, 0) is 57.2 Å². The van der Waals surface area contributed by atoms with Crippen LogP contribution in [0.15, 0.2) is 36.5 Å². The molecule has 12 heteroatoms. The van der Waals surface area contributed by atoms with Gasteiger partial charge in [0.25, 0.3) is 0 Å². The first kappa shape index (κ1) is 30.0. The van der Waals surface area contributed by atoms with Crippen molar-refractivity contribution in [2.75, 3.05) is 34.0 Å². The SMILES string of the molecule is C=C(C)C(=O)OCCC(=O)OC(CC(=O)OCC(=C)C(=O)OC)CC(=O)OCC(=C)C(=O)OC. The van der Waals surface area contributed by atoms with Gasteiger partial charge in [-0.05, 0) is 6.92 Å². The first-order valence-electron chi connectivity index (χ1n) is 9.76. The number of hydrogen-bond donors (Lipinski definition) is 0. The maximum Gasteiger partial charge on any atom is 0.336 e. The summed E-state index contributed by atoms with van der Waals surface area (Å²) in [6.45, 7) is 10.3. The Balaban J connectivity index is 4.97. The van der Waals surface area contributed by atoms with Gasteiger partial charge in [0.05, 0.1) is 44.6 Å². The molecular weight excluding hydrogens is 456 g/mol. The van der Waals surface area contributed by atoms with E-state index in [1.807, 2.05) is 0 Å². The molecule has 0 bridgehead atoms. The predicted octanol–water partition coefficient (Wildman–Crippen LogP) is 0.733. The topological polar surface area (TPSA) is 158 Å². The average molecular weight is 484 g/mol. The summed E-state index contributed by atoms with van der Waals surface area (Å²) >= 11 is 0. The van der Waals surface area contributed by atoms with Gasteiger partial charge >= 0.3 is 35.8 Å². The lowest BCUT2D eigenvalue weighted by molar-refractivity contribution is -0.159. The zero-order chi connectivity index (χ0) is 26.3. The van der Waals surface area contributed by atoms with Crippen molar-refractivity contribution in [2.45, 2.75) is 32.3 Å². The third-order valence-corrected chi connectivity index (χ3v) is 3.74. The van der Waals surface area contributed by atoms with Gasteiger partial charge in [-0.2, -0.15) is 0 Å². The van der Waals surface area contributed by atoms with Crippen LogP contribution in [0, 0.1) is 0 Å². The van der Waals surface area contributed by atoms with E-state index in [4.69, 9.17) is 18.9 Å². The van der Waals surface area contributed by atoms with Crippen molar-refractivity contribution < 1.29 is 57.2 Å². The highest BCUT2D eigenvalue weighted by Crippen LogP contribution is 2.11. The summed E-state index contributed by atoms with van der Waals surface area (Å²) in [5.41, 5.74) is -0.132. The van der Waals surface area contributed by atoms with E-state index in [2.05, 4.69) is 29.2 Å². The molecule has 0 aromatic heterocycles. The van der Waals surface area contributed by atoms with E-state index in [0.29, 0.717) is 0 Å². The normalized spacial score (nSPS) is 9.88. The van der Waals surface area contributed by atoms with E-state index in [9.17, 15) is 28.8 Å². The molecule has 0 spiro atoms. The lowest BCUT2D eigenvalue weighted by Crippen LogP contribution is -2.28. The van der Waals surface area contributed by atoms with Gasteiger partial charge in [0.2, 0.25) is 0 Å². The largest absolute Gasteiger partial charge is 0.466 e. The van der Waals surface area contributed by atoms with Gasteiger partial charge in [-0.25, -0.2) is 14.4 Å². The Kier molecular flexibility index (Phi) is 13.9. The second-order valence-corrected chi connectivity index (χ2v) is 6.70. The molecule has 34 heavy (non-hydrogen) atoms. The van der Waals surface area contributed by atoms with Crippen LogP contribution in [0.3, 0.4) is 0 Å². The van der Waals surface area contributed by atoms with Gasteiger partial charge in [0.15, 0.2) is 0 Å². The van der Waals surface area contributed by atoms with E-state index in [0.717, 1.165) is 14.2 Å². The Labute approximate surface area is 196 Å². The summed E-state index contributed by atoms with van der Waals surface area (Å²) in [4.78, 5) is 70.2. The highest BCUT2D eigenvalue weighted by atomic mass is 16.6. The minimum Gasteiger partial charge on any atom is -0.466 e. The summed E-state index contributed by atoms with van der Waals surface area (Å²) in [7, 11) is 2.25. The molecule has 0 aromatic rings. The van der Waals surface area contributed by atoms with Gasteiger partial charge in [-0.3, -0.25) is 14.4 Å². The fourth-order valence-electron chi connectivity index (χ4n) is 1.98. The number of ether oxygens (including phenoxy) is 6. The van der Waals surface area contributed by atoms with Crippen molar-refractivity contribution in [3.8, 4) is 0 Å². The lowest BCUT2D eigenvalue weighted by Gasteiger charge is -2.17. The van der Waals surface area contributed by atoms with E-state index >= 15 is 0 Å². The van der Waals surface area contributed by atoms with Crippen LogP contribution >= 0.6 is 0 Å². The number of esters is 6. The highest BCUT2D eigenvalue weighted by Gasteiger charge is 2.25. The van der Waals surface area contributed by atoms with Crippen LogP contribution in [0.1, 0.15) is 26.2 Å². The fraction of sp³-hybridized carbons (Fsp3) is 0.455. The molecule has 0 rings (SSSR count). The summed E-state index contributed by atoms with van der Waals surface area (Å²) < 4.78 is 28.5. The summed E-state index contributed by atoms with van der Waals surface area (Å²) in [5.74, 6) is -4.97. The second-order valence-electron chi connectivity index (χ2n) is 6.70. The van der Waals surface area contributed by atoms with Crippen molar-refractivity contribution in [3.63, 3.8) is 0 Å². The van der Waals surface area contributed by atoms with Crippen LogP contribution in [0.5, 0.6) is 0 Å². The molecule has 0 saturated heterocycles. The minimum absolute atomic E-state index is 0.135. The Bertz CT molecular complexity index is 793. The zero-order valence-corrected chi connectivity index (χ0v) is 19.3. The van der Waals surface area contributed by atoms with E-state index in [-0.39, 0.29) is 29.7 Å². The van der Waals surface area contributed by atoms with Crippen molar-refractivity contribution in [1.29, 1.82) is 0 Å². The molecule has 0 amide bonds. The minimum atomic E-state index is -1.32. The standard InChI is InChI=1S/C22H28O12/c1-13(2)20(26)31-8-7-17(23)34-16(9-18(24)32-11-14(3)21(27)29-5)10-19(25)33-12-15(4)22(28)30-6/h16H,1,3-4,7-12H2,2,5-6H3. The molecule has 0 N–H and O–H groups in total. The molecular formula is C22H28O12. The monoisotopic (exact) mass is 484 g/mol. The lowest BCUT2D eigenvalue weighted by atomic mass is 10.2. The summed E-state index contributed by atoms with van der Waals surface area (Å²) in [6.07, 6.45) is -2.82. The highest BCUT2D eigenvalue weighted by molar-refractivity contribution is 5.89. The molecule has 0 heterocycles. The Morgan fingerprint density at radius 1 is 0.676 bits per heavy atom. The number of hydrogen-bond acceptors (Lipinski definition) is 12. The van der Waals surface area contributed by atoms with Gasteiger partial charge in [0.1, 0.15) is 25.9 Å². The third-order valence-electron chi connectivity index (χ3n) is 3.74. The molecule has 0 atom stereocenters. The van der Waals surface area contributed by atoms with Gasteiger partial charge in [-0.1, -0.05) is 19.7 Å². The molecule has 0 saturated carbocycles. The maximum atomic E-state index is 12.1. The smallest absolute Gasteiger partial charge is 0.336 e. The predicted molar refractivity (Wildman–Crippen MR) is 114 cm³/mol. The van der Waals surface area contributed by atoms with Crippen LogP contribution in [0.2, 0.25) is 0 Å². The Morgan fingerprint density at radius 2 is 1.12 bits per heavy atom. The van der Waals surface area contributed by atoms with Gasteiger partial charge < -0.3 is 28.4 Å². The molecule has 0 aliphatic carbocycles. The van der Waals surface area contributed by atoms with E-state index < -0.39 is 68.0 Å². The number of rotatable bonds is 15. The van der Waals surface area contributed by atoms with Crippen molar-refractivity contribution >= 4 is 35.8 Å². The zero-order valence-electron chi connectivity index (χ0n) is 19.3. The molecule has 12 nitrogen and oxygen atoms in total. The third kappa shape index (κ3) is 12.8. The van der Waals surface area contributed by atoms with Crippen LogP contribution in [-0.4, -0.2) is 76.0 Å². The quantitative estimate of drug-likeness (QED) is 0.183. The van der Waals surface area contributed by atoms with Gasteiger partial charge in [-0.15, -0.1) is 0 Å². The summed E-state index contributed by atoms with van der Waals surface area (Å²) in [5, 5.41) is 0. The molecule has 0 aromatic carbocycles. The second kappa shape index (κ2) is 15.8. The Hall–Kier alpha value is -3.96. The van der Waals surface area contributed by atoms with Crippen LogP contribution < -0.4 is 0 Å². The number of carbonyl (C=O) groups is 6. The first-order valence-corrected chi connectivity index (χ1v) is 9.76. The maximum absolute atomic E-state index is 12.1.